The molecule has 0 spiro atoms. The fourth-order valence-electron chi connectivity index (χ4n) is 0.752. The molecular formula is C6H11OY3-. The molecule has 51 valence electrons. The van der Waals surface area contributed by atoms with E-state index in [-0.39, 0.29) is 98.1 Å². The summed E-state index contributed by atoms with van der Waals surface area (Å²) in [6, 6.07) is 0. The van der Waals surface area contributed by atoms with Gasteiger partial charge in [-0.25, -0.2) is 6.61 Å². The average molecular weight is 366 g/mol. The molecule has 1 unspecified atom stereocenters. The standard InChI is InChI=1S/C6H11O.3Y/c1-6-3-2-4-7-5-6;;;/h4,6H,2-3,5H2,1H3;;;/q-1;;;. The van der Waals surface area contributed by atoms with E-state index in [0.29, 0.717) is 0 Å². The van der Waals surface area contributed by atoms with Gasteiger partial charge in [0, 0.05) is 105 Å². The minimum Gasteiger partial charge on any atom is -0.552 e. The summed E-state index contributed by atoms with van der Waals surface area (Å²) >= 11 is 0. The van der Waals surface area contributed by atoms with E-state index in [1.165, 1.54) is 6.42 Å². The molecule has 1 aliphatic heterocycles. The number of hydrogen-bond acceptors (Lipinski definition) is 1. The van der Waals surface area contributed by atoms with Crippen molar-refractivity contribution >= 4 is 0 Å². The molecule has 10 heavy (non-hydrogen) atoms. The average Bonchev–Trinajstić information content (AvgIpc) is 1.69. The van der Waals surface area contributed by atoms with Gasteiger partial charge in [0.15, 0.2) is 0 Å². The third kappa shape index (κ3) is 9.36. The minimum absolute atomic E-state index is 0. The van der Waals surface area contributed by atoms with Crippen LogP contribution in [0.1, 0.15) is 19.8 Å². The van der Waals surface area contributed by atoms with Gasteiger partial charge < -0.3 is 4.74 Å². The van der Waals surface area contributed by atoms with E-state index in [9.17, 15) is 0 Å². The molecule has 1 fully saturated rings. The molecule has 0 aromatic carbocycles. The summed E-state index contributed by atoms with van der Waals surface area (Å²) in [7, 11) is 0. The van der Waals surface area contributed by atoms with Crippen LogP contribution < -0.4 is 0 Å². The number of hydrogen-bond donors (Lipinski definition) is 0. The molecule has 4 heteroatoms. The van der Waals surface area contributed by atoms with Crippen molar-refractivity contribution in [2.45, 2.75) is 19.8 Å². The molecule has 1 saturated heterocycles. The minimum atomic E-state index is 0. The zero-order valence-corrected chi connectivity index (χ0v) is 14.9. The van der Waals surface area contributed by atoms with Crippen LogP contribution in [0.5, 0.6) is 0 Å². The normalized spacial score (nSPS) is 23.1. The summed E-state index contributed by atoms with van der Waals surface area (Å²) in [4.78, 5) is 0. The first-order chi connectivity index (χ1) is 3.39. The van der Waals surface area contributed by atoms with Gasteiger partial charge in [0.1, 0.15) is 0 Å². The van der Waals surface area contributed by atoms with Gasteiger partial charge in [0.2, 0.25) is 0 Å². The largest absolute Gasteiger partial charge is 0.552 e. The van der Waals surface area contributed by atoms with Gasteiger partial charge in [-0.1, -0.05) is 13.3 Å². The van der Waals surface area contributed by atoms with Crippen molar-refractivity contribution in [2.24, 2.45) is 5.92 Å². The second-order valence-electron chi connectivity index (χ2n) is 2.18. The van der Waals surface area contributed by atoms with Gasteiger partial charge in [0.25, 0.3) is 0 Å². The Morgan fingerprint density at radius 3 is 2.10 bits per heavy atom. The van der Waals surface area contributed by atoms with Gasteiger partial charge in [-0.15, -0.1) is 0 Å². The van der Waals surface area contributed by atoms with E-state index >= 15 is 0 Å². The molecule has 0 saturated carbocycles. The Morgan fingerprint density at radius 2 is 1.90 bits per heavy atom. The van der Waals surface area contributed by atoms with Crippen LogP contribution in [0, 0.1) is 12.5 Å². The molecule has 1 nitrogen and oxygen atoms in total. The maximum Gasteiger partial charge on any atom is 0.0137 e. The van der Waals surface area contributed by atoms with Crippen LogP contribution in [0.25, 0.3) is 0 Å². The summed E-state index contributed by atoms with van der Waals surface area (Å²) in [5, 5.41) is 0. The van der Waals surface area contributed by atoms with E-state index in [1.54, 1.807) is 0 Å². The molecule has 1 heterocycles. The molecule has 0 amide bonds. The molecule has 0 N–H and O–H groups in total. The van der Waals surface area contributed by atoms with Crippen molar-refractivity contribution in [3.8, 4) is 0 Å². The van der Waals surface area contributed by atoms with Crippen molar-refractivity contribution < 1.29 is 103 Å². The Bertz CT molecular complexity index is 55.0. The van der Waals surface area contributed by atoms with Gasteiger partial charge in [-0.05, 0) is 5.92 Å². The number of rotatable bonds is 0. The van der Waals surface area contributed by atoms with Crippen LogP contribution in [0.15, 0.2) is 0 Å². The maximum atomic E-state index is 5.06. The first kappa shape index (κ1) is 18.9. The zero-order valence-electron chi connectivity index (χ0n) is 6.42. The topological polar surface area (TPSA) is 9.23 Å². The Balaban J connectivity index is -0.000000163. The summed E-state index contributed by atoms with van der Waals surface area (Å²) in [6.07, 6.45) is 2.45. The van der Waals surface area contributed by atoms with E-state index in [2.05, 4.69) is 6.92 Å². The fraction of sp³-hybridized carbons (Fsp3) is 0.833. The Morgan fingerprint density at radius 1 is 1.30 bits per heavy atom. The van der Waals surface area contributed by atoms with Gasteiger partial charge in [0.05, 0.1) is 0 Å². The molecule has 0 aromatic heterocycles. The second kappa shape index (κ2) is 12.3. The predicted octanol–water partition coefficient (Wildman–Crippen LogP) is 1.59. The van der Waals surface area contributed by atoms with Gasteiger partial charge in [-0.2, -0.15) is 6.42 Å². The van der Waals surface area contributed by atoms with Crippen LogP contribution in [0.3, 0.4) is 0 Å². The quantitative estimate of drug-likeness (QED) is 0.592. The Kier molecular flexibility index (Phi) is 23.2. The first-order valence-electron chi connectivity index (χ1n) is 2.83. The van der Waals surface area contributed by atoms with Crippen molar-refractivity contribution in [3.63, 3.8) is 0 Å². The summed E-state index contributed by atoms with van der Waals surface area (Å²) < 4.78 is 5.06. The molecule has 1 rings (SSSR count). The smallest absolute Gasteiger partial charge is 0.0137 e. The Labute approximate surface area is 139 Å². The third-order valence-electron chi connectivity index (χ3n) is 1.28. The SMILES string of the molecule is CC1CC[CH-]OC1.[Y].[Y].[Y]. The monoisotopic (exact) mass is 366 g/mol. The molecule has 3 radical (unpaired) electrons. The summed E-state index contributed by atoms with van der Waals surface area (Å²) in [5.41, 5.74) is 0. The van der Waals surface area contributed by atoms with E-state index in [4.69, 9.17) is 4.74 Å². The van der Waals surface area contributed by atoms with E-state index < -0.39 is 0 Å². The van der Waals surface area contributed by atoms with Gasteiger partial charge >= 0.3 is 0 Å². The van der Waals surface area contributed by atoms with Crippen molar-refractivity contribution in [1.29, 1.82) is 0 Å². The van der Waals surface area contributed by atoms with Gasteiger partial charge in [-0.3, -0.25) is 0 Å². The molecular weight excluding hydrogens is 355 g/mol. The second-order valence-corrected chi connectivity index (χ2v) is 2.18. The van der Waals surface area contributed by atoms with Crippen LogP contribution in [0.2, 0.25) is 0 Å². The molecule has 1 atom stereocenters. The Hall–Kier alpha value is 3.27. The van der Waals surface area contributed by atoms with Crippen molar-refractivity contribution in [2.75, 3.05) is 6.61 Å². The number of ether oxygens (including phenoxy) is 1. The first-order valence-corrected chi connectivity index (χ1v) is 2.83. The zero-order chi connectivity index (χ0) is 5.11. The van der Waals surface area contributed by atoms with Crippen LogP contribution in [-0.4, -0.2) is 6.61 Å². The van der Waals surface area contributed by atoms with Crippen LogP contribution in [-0.2, 0) is 103 Å². The molecule has 0 aliphatic carbocycles. The van der Waals surface area contributed by atoms with Crippen molar-refractivity contribution in [3.05, 3.63) is 6.61 Å². The fourth-order valence-corrected chi connectivity index (χ4v) is 0.752. The molecule has 1 aliphatic rings. The predicted molar refractivity (Wildman–Crippen MR) is 28.6 cm³/mol. The van der Waals surface area contributed by atoms with E-state index in [0.717, 1.165) is 18.9 Å². The summed E-state index contributed by atoms with van der Waals surface area (Å²) in [6.45, 7) is 5.05. The van der Waals surface area contributed by atoms with E-state index in [1.807, 2.05) is 6.61 Å². The summed E-state index contributed by atoms with van der Waals surface area (Å²) in [5.74, 6) is 0.782. The third-order valence-corrected chi connectivity index (χ3v) is 1.28. The molecule has 0 aromatic rings. The van der Waals surface area contributed by atoms with Crippen LogP contribution in [0.4, 0.5) is 0 Å². The van der Waals surface area contributed by atoms with Crippen molar-refractivity contribution in [1.82, 2.24) is 0 Å². The van der Waals surface area contributed by atoms with Crippen LogP contribution >= 0.6 is 0 Å². The molecule has 0 bridgehead atoms. The maximum absolute atomic E-state index is 5.06.